The topological polar surface area (TPSA) is 15.3 Å². The van der Waals surface area contributed by atoms with Crippen molar-refractivity contribution in [2.75, 3.05) is 27.2 Å². The number of halogens is 2. The Hall–Kier alpha value is -1.00. The predicted octanol–water partition coefficient (Wildman–Crippen LogP) is 2.05. The van der Waals surface area contributed by atoms with Crippen LogP contribution in [0.25, 0.3) is 0 Å². The molecule has 1 rings (SSSR count). The number of rotatable bonds is 6. The Labute approximate surface area is 102 Å². The molecule has 0 amide bonds. The van der Waals surface area contributed by atoms with Gasteiger partial charge < -0.3 is 10.2 Å². The standard InChI is InChI=1S/C13H20F2N2/c1-4-16-12(9-17(2)3)7-10-5-6-11(14)8-13(10)15/h5-6,8,12,16H,4,7,9H2,1-3H3. The average Bonchev–Trinajstić information content (AvgIpc) is 2.21. The van der Waals surface area contributed by atoms with Gasteiger partial charge in [-0.15, -0.1) is 0 Å². The van der Waals surface area contributed by atoms with Crippen LogP contribution in [-0.4, -0.2) is 38.1 Å². The van der Waals surface area contributed by atoms with E-state index in [2.05, 4.69) is 10.2 Å². The Morgan fingerprint density at radius 1 is 1.29 bits per heavy atom. The first-order valence-corrected chi connectivity index (χ1v) is 5.85. The van der Waals surface area contributed by atoms with Crippen LogP contribution in [0.4, 0.5) is 8.78 Å². The second-order valence-corrected chi connectivity index (χ2v) is 4.46. The summed E-state index contributed by atoms with van der Waals surface area (Å²) in [7, 11) is 3.96. The van der Waals surface area contributed by atoms with Crippen molar-refractivity contribution >= 4 is 0 Å². The summed E-state index contributed by atoms with van der Waals surface area (Å²) in [5, 5.41) is 3.30. The third-order valence-corrected chi connectivity index (χ3v) is 2.56. The second kappa shape index (κ2) is 6.67. The molecule has 0 heterocycles. The van der Waals surface area contributed by atoms with Crippen molar-refractivity contribution in [2.24, 2.45) is 0 Å². The minimum absolute atomic E-state index is 0.176. The molecule has 0 spiro atoms. The zero-order valence-electron chi connectivity index (χ0n) is 10.6. The van der Waals surface area contributed by atoms with E-state index in [1.165, 1.54) is 12.1 Å². The van der Waals surface area contributed by atoms with E-state index in [0.29, 0.717) is 12.0 Å². The lowest BCUT2D eigenvalue weighted by Crippen LogP contribution is -2.39. The summed E-state index contributed by atoms with van der Waals surface area (Å²) in [5.74, 6) is -0.995. The lowest BCUT2D eigenvalue weighted by molar-refractivity contribution is 0.337. The SMILES string of the molecule is CCNC(Cc1ccc(F)cc1F)CN(C)C. The van der Waals surface area contributed by atoms with E-state index in [1.54, 1.807) is 0 Å². The van der Waals surface area contributed by atoms with E-state index in [1.807, 2.05) is 21.0 Å². The fourth-order valence-electron chi connectivity index (χ4n) is 1.88. The number of nitrogens with one attached hydrogen (secondary N) is 1. The van der Waals surface area contributed by atoms with Crippen molar-refractivity contribution in [3.05, 3.63) is 35.4 Å². The maximum atomic E-state index is 13.5. The summed E-state index contributed by atoms with van der Waals surface area (Å²) < 4.78 is 26.3. The van der Waals surface area contributed by atoms with Crippen molar-refractivity contribution in [1.82, 2.24) is 10.2 Å². The molecular weight excluding hydrogens is 222 g/mol. The van der Waals surface area contributed by atoms with Gasteiger partial charge in [0.15, 0.2) is 0 Å². The van der Waals surface area contributed by atoms with Gasteiger partial charge in [-0.25, -0.2) is 8.78 Å². The van der Waals surface area contributed by atoms with Gasteiger partial charge in [0.05, 0.1) is 0 Å². The van der Waals surface area contributed by atoms with Crippen molar-refractivity contribution in [3.63, 3.8) is 0 Å². The molecule has 0 saturated carbocycles. The quantitative estimate of drug-likeness (QED) is 0.821. The van der Waals surface area contributed by atoms with E-state index in [-0.39, 0.29) is 6.04 Å². The summed E-state index contributed by atoms with van der Waals surface area (Å²) >= 11 is 0. The number of likely N-dealkylation sites (N-methyl/N-ethyl adjacent to an activating group) is 2. The number of nitrogens with zero attached hydrogens (tertiary/aromatic N) is 1. The Morgan fingerprint density at radius 3 is 2.53 bits per heavy atom. The van der Waals surface area contributed by atoms with Crippen LogP contribution in [0.5, 0.6) is 0 Å². The second-order valence-electron chi connectivity index (χ2n) is 4.46. The molecule has 4 heteroatoms. The Kier molecular flexibility index (Phi) is 5.51. The van der Waals surface area contributed by atoms with E-state index < -0.39 is 11.6 Å². The van der Waals surface area contributed by atoms with Crippen LogP contribution < -0.4 is 5.32 Å². The highest BCUT2D eigenvalue weighted by Gasteiger charge is 2.12. The van der Waals surface area contributed by atoms with Crippen LogP contribution in [0, 0.1) is 11.6 Å². The van der Waals surface area contributed by atoms with Crippen LogP contribution in [0.15, 0.2) is 18.2 Å². The first-order valence-electron chi connectivity index (χ1n) is 5.85. The van der Waals surface area contributed by atoms with Crippen molar-refractivity contribution in [2.45, 2.75) is 19.4 Å². The van der Waals surface area contributed by atoms with Crippen molar-refractivity contribution in [3.8, 4) is 0 Å². The van der Waals surface area contributed by atoms with Gasteiger partial charge in [0.1, 0.15) is 11.6 Å². The predicted molar refractivity (Wildman–Crippen MR) is 66.1 cm³/mol. The fraction of sp³-hybridized carbons (Fsp3) is 0.538. The molecule has 1 unspecified atom stereocenters. The van der Waals surface area contributed by atoms with Crippen LogP contribution in [0.2, 0.25) is 0 Å². The molecule has 0 aliphatic rings. The molecule has 96 valence electrons. The normalized spacial score (nSPS) is 13.1. The highest BCUT2D eigenvalue weighted by molar-refractivity contribution is 5.19. The van der Waals surface area contributed by atoms with Gasteiger partial charge in [-0.3, -0.25) is 0 Å². The third kappa shape index (κ3) is 4.79. The third-order valence-electron chi connectivity index (χ3n) is 2.56. The molecule has 17 heavy (non-hydrogen) atoms. The molecule has 0 aliphatic heterocycles. The highest BCUT2D eigenvalue weighted by Crippen LogP contribution is 2.12. The van der Waals surface area contributed by atoms with Crippen LogP contribution in [-0.2, 0) is 6.42 Å². The van der Waals surface area contributed by atoms with Crippen LogP contribution >= 0.6 is 0 Å². The number of hydrogen-bond acceptors (Lipinski definition) is 2. The smallest absolute Gasteiger partial charge is 0.129 e. The summed E-state index contributed by atoms with van der Waals surface area (Å²) in [5.41, 5.74) is 0.555. The number of hydrogen-bond donors (Lipinski definition) is 1. The lowest BCUT2D eigenvalue weighted by atomic mass is 10.0. The minimum atomic E-state index is -0.529. The molecule has 1 aromatic carbocycles. The molecule has 1 aromatic rings. The van der Waals surface area contributed by atoms with Gasteiger partial charge >= 0.3 is 0 Å². The van der Waals surface area contributed by atoms with E-state index in [9.17, 15) is 8.78 Å². The van der Waals surface area contributed by atoms with Crippen LogP contribution in [0.1, 0.15) is 12.5 Å². The molecular formula is C13H20F2N2. The molecule has 0 radical (unpaired) electrons. The summed E-state index contributed by atoms with van der Waals surface area (Å²) in [4.78, 5) is 2.05. The Balaban J connectivity index is 2.71. The maximum absolute atomic E-state index is 13.5. The molecule has 1 N–H and O–H groups in total. The van der Waals surface area contributed by atoms with Crippen LogP contribution in [0.3, 0.4) is 0 Å². The van der Waals surface area contributed by atoms with E-state index in [0.717, 1.165) is 19.2 Å². The first-order chi connectivity index (χ1) is 8.02. The average molecular weight is 242 g/mol. The first kappa shape index (κ1) is 14.1. The molecule has 0 bridgehead atoms. The highest BCUT2D eigenvalue weighted by atomic mass is 19.1. The van der Waals surface area contributed by atoms with Gasteiger partial charge in [0.25, 0.3) is 0 Å². The Morgan fingerprint density at radius 2 is 2.00 bits per heavy atom. The minimum Gasteiger partial charge on any atom is -0.313 e. The van der Waals surface area contributed by atoms with Crippen molar-refractivity contribution < 1.29 is 8.78 Å². The molecule has 0 aliphatic carbocycles. The largest absolute Gasteiger partial charge is 0.313 e. The summed E-state index contributed by atoms with van der Waals surface area (Å²) in [6.45, 7) is 3.68. The lowest BCUT2D eigenvalue weighted by Gasteiger charge is -2.22. The van der Waals surface area contributed by atoms with Gasteiger partial charge in [-0.2, -0.15) is 0 Å². The Bertz CT molecular complexity index is 353. The van der Waals surface area contributed by atoms with E-state index >= 15 is 0 Å². The number of benzene rings is 1. The van der Waals surface area contributed by atoms with Gasteiger partial charge in [0.2, 0.25) is 0 Å². The molecule has 1 atom stereocenters. The summed E-state index contributed by atoms with van der Waals surface area (Å²) in [6, 6.07) is 3.94. The van der Waals surface area contributed by atoms with Gasteiger partial charge in [-0.05, 0) is 38.7 Å². The summed E-state index contributed by atoms with van der Waals surface area (Å²) in [6.07, 6.45) is 0.568. The monoisotopic (exact) mass is 242 g/mol. The fourth-order valence-corrected chi connectivity index (χ4v) is 1.88. The zero-order chi connectivity index (χ0) is 12.8. The van der Waals surface area contributed by atoms with Crippen molar-refractivity contribution in [1.29, 1.82) is 0 Å². The van der Waals surface area contributed by atoms with E-state index in [4.69, 9.17) is 0 Å². The maximum Gasteiger partial charge on any atom is 0.129 e. The van der Waals surface area contributed by atoms with Gasteiger partial charge in [-0.1, -0.05) is 13.0 Å². The van der Waals surface area contributed by atoms with Gasteiger partial charge in [0, 0.05) is 18.7 Å². The molecule has 0 aromatic heterocycles. The molecule has 0 fully saturated rings. The molecule has 2 nitrogen and oxygen atoms in total. The molecule has 0 saturated heterocycles. The zero-order valence-corrected chi connectivity index (χ0v) is 10.6.